The lowest BCUT2D eigenvalue weighted by Crippen LogP contribution is -2.74. The van der Waals surface area contributed by atoms with E-state index in [-0.39, 0.29) is 5.71 Å². The van der Waals surface area contributed by atoms with E-state index in [2.05, 4.69) is 19.8 Å². The summed E-state index contributed by atoms with van der Waals surface area (Å²) in [6, 6.07) is 8.17. The maximum absolute atomic E-state index is 13.7. The quantitative estimate of drug-likeness (QED) is 0.422. The van der Waals surface area contributed by atoms with Crippen LogP contribution in [0.3, 0.4) is 0 Å². The first-order valence-corrected chi connectivity index (χ1v) is 9.29. The molecule has 0 aromatic heterocycles. The highest BCUT2D eigenvalue weighted by Gasteiger charge is 2.76. The number of carbonyl (C=O) groups excluding carboxylic acids is 1. The number of alkyl halides is 7. The van der Waals surface area contributed by atoms with E-state index in [0.717, 1.165) is 0 Å². The Bertz CT molecular complexity index is 852. The SMILES string of the molecule is O=C(N/N=C(\c1ccccc1)C12CN3CN(CN(C3)C1)C2)C(F)(F)C(F)(F)C(F)(F)F. The number of nitrogens with zero attached hydrogens (tertiary/aromatic N) is 4. The van der Waals surface area contributed by atoms with Gasteiger partial charge in [-0.05, 0) is 5.56 Å². The van der Waals surface area contributed by atoms with Crippen molar-refractivity contribution < 1.29 is 35.5 Å². The molecule has 1 amide bonds. The van der Waals surface area contributed by atoms with Gasteiger partial charge in [0.25, 0.3) is 0 Å². The molecule has 0 unspecified atom stereocenters. The zero-order chi connectivity index (χ0) is 22.7. The lowest BCUT2D eigenvalue weighted by molar-refractivity contribution is -0.344. The second-order valence-corrected chi connectivity index (χ2v) is 8.11. The van der Waals surface area contributed by atoms with Crippen molar-refractivity contribution in [3.05, 3.63) is 35.9 Å². The molecule has 4 heterocycles. The fourth-order valence-electron chi connectivity index (χ4n) is 4.52. The summed E-state index contributed by atoms with van der Waals surface area (Å²) < 4.78 is 91.1. The van der Waals surface area contributed by atoms with Crippen LogP contribution < -0.4 is 5.43 Å². The molecule has 5 rings (SSSR count). The van der Waals surface area contributed by atoms with Gasteiger partial charge >= 0.3 is 23.9 Å². The molecule has 4 aliphatic rings. The number of rotatable bonds is 5. The fraction of sp³-hybridized carbons (Fsp3) is 0.556. The molecule has 4 bridgehead atoms. The predicted molar refractivity (Wildman–Crippen MR) is 94.2 cm³/mol. The molecule has 6 nitrogen and oxygen atoms in total. The number of nitrogens with one attached hydrogen (secondary N) is 1. The minimum atomic E-state index is -6.60. The maximum Gasteiger partial charge on any atom is 0.460 e. The van der Waals surface area contributed by atoms with Crippen LogP contribution in [0, 0.1) is 5.41 Å². The van der Waals surface area contributed by atoms with E-state index in [9.17, 15) is 35.5 Å². The summed E-state index contributed by atoms with van der Waals surface area (Å²) in [6.45, 7) is 3.46. The Hall–Kier alpha value is -2.25. The average molecular weight is 453 g/mol. The van der Waals surface area contributed by atoms with Gasteiger partial charge in [0.15, 0.2) is 0 Å². The Balaban J connectivity index is 1.67. The minimum absolute atomic E-state index is 0.145. The number of carbonyl (C=O) groups is 1. The van der Waals surface area contributed by atoms with Gasteiger partial charge in [0.2, 0.25) is 0 Å². The molecule has 4 saturated heterocycles. The highest BCUT2D eigenvalue weighted by molar-refractivity contribution is 6.06. The third-order valence-corrected chi connectivity index (χ3v) is 5.63. The van der Waals surface area contributed by atoms with Gasteiger partial charge in [0, 0.05) is 19.6 Å². The van der Waals surface area contributed by atoms with E-state index in [1.807, 2.05) is 0 Å². The van der Waals surface area contributed by atoms with Crippen LogP contribution in [0.25, 0.3) is 0 Å². The average Bonchev–Trinajstić information content (AvgIpc) is 2.66. The topological polar surface area (TPSA) is 51.2 Å². The van der Waals surface area contributed by atoms with Gasteiger partial charge in [-0.2, -0.15) is 35.8 Å². The highest BCUT2D eigenvalue weighted by Crippen LogP contribution is 2.46. The maximum atomic E-state index is 13.7. The van der Waals surface area contributed by atoms with Gasteiger partial charge < -0.3 is 0 Å². The largest absolute Gasteiger partial charge is 0.460 e. The fourth-order valence-corrected chi connectivity index (χ4v) is 4.52. The number of hydrazone groups is 1. The van der Waals surface area contributed by atoms with E-state index in [1.54, 1.807) is 30.3 Å². The van der Waals surface area contributed by atoms with Crippen molar-refractivity contribution in [2.45, 2.75) is 18.0 Å². The Labute approximate surface area is 172 Å². The van der Waals surface area contributed by atoms with Crippen molar-refractivity contribution in [2.75, 3.05) is 39.6 Å². The summed E-state index contributed by atoms with van der Waals surface area (Å²) in [6.07, 6.45) is -6.60. The lowest BCUT2D eigenvalue weighted by Gasteiger charge is -2.60. The van der Waals surface area contributed by atoms with Crippen LogP contribution in [-0.4, -0.2) is 84.0 Å². The molecule has 1 aromatic carbocycles. The molecule has 13 heteroatoms. The molecule has 4 fully saturated rings. The zero-order valence-electron chi connectivity index (χ0n) is 16.0. The Morgan fingerprint density at radius 1 is 0.871 bits per heavy atom. The smallest absolute Gasteiger partial charge is 0.276 e. The lowest BCUT2D eigenvalue weighted by atomic mass is 9.74. The number of hydrogen-bond acceptors (Lipinski definition) is 5. The summed E-state index contributed by atoms with van der Waals surface area (Å²) in [5.74, 6) is -15.4. The zero-order valence-corrected chi connectivity index (χ0v) is 16.0. The van der Waals surface area contributed by atoms with Gasteiger partial charge in [-0.25, -0.2) is 5.43 Å². The van der Waals surface area contributed by atoms with E-state index in [0.29, 0.717) is 45.2 Å². The molecular weight excluding hydrogens is 435 g/mol. The first-order valence-electron chi connectivity index (χ1n) is 9.29. The van der Waals surface area contributed by atoms with Crippen molar-refractivity contribution in [1.82, 2.24) is 20.1 Å². The standard InChI is InChI=1S/C18H18F7N5O/c19-16(20,17(21,22)18(23,24)25)14(31)27-26-13(12-4-2-1-3-5-12)15-6-28-9-29(7-15)11-30(8-15)10-28/h1-5H,6-11H2,(H,27,31)/b26-13+. The van der Waals surface area contributed by atoms with Crippen molar-refractivity contribution >= 4 is 11.6 Å². The van der Waals surface area contributed by atoms with Crippen LogP contribution in [-0.2, 0) is 4.79 Å². The van der Waals surface area contributed by atoms with Gasteiger partial charge in [0.05, 0.1) is 31.1 Å². The van der Waals surface area contributed by atoms with Crippen LogP contribution in [0.15, 0.2) is 35.4 Å². The molecule has 31 heavy (non-hydrogen) atoms. The van der Waals surface area contributed by atoms with Crippen molar-refractivity contribution in [3.63, 3.8) is 0 Å². The normalized spacial score (nSPS) is 31.1. The second-order valence-electron chi connectivity index (χ2n) is 8.11. The van der Waals surface area contributed by atoms with E-state index < -0.39 is 29.3 Å². The van der Waals surface area contributed by atoms with Gasteiger partial charge in [-0.15, -0.1) is 0 Å². The van der Waals surface area contributed by atoms with Crippen LogP contribution in [0.1, 0.15) is 5.56 Å². The Morgan fingerprint density at radius 2 is 1.35 bits per heavy atom. The highest BCUT2D eigenvalue weighted by atomic mass is 19.4. The third-order valence-electron chi connectivity index (χ3n) is 5.63. The Kier molecular flexibility index (Phi) is 5.06. The molecule has 0 spiro atoms. The third kappa shape index (κ3) is 3.57. The number of hydrogen-bond donors (Lipinski definition) is 1. The van der Waals surface area contributed by atoms with E-state index >= 15 is 0 Å². The van der Waals surface area contributed by atoms with Crippen LogP contribution in [0.2, 0.25) is 0 Å². The van der Waals surface area contributed by atoms with Crippen molar-refractivity contribution in [3.8, 4) is 0 Å². The summed E-state index contributed by atoms with van der Waals surface area (Å²) in [4.78, 5) is 18.0. The first kappa shape index (κ1) is 22.0. The number of amides is 1. The molecule has 1 N–H and O–H groups in total. The molecule has 1 aromatic rings. The minimum Gasteiger partial charge on any atom is -0.276 e. The van der Waals surface area contributed by atoms with Crippen molar-refractivity contribution in [1.29, 1.82) is 0 Å². The summed E-state index contributed by atoms with van der Waals surface area (Å²) in [5.41, 5.74) is 1.13. The molecule has 4 aliphatic heterocycles. The number of halogens is 7. The van der Waals surface area contributed by atoms with E-state index in [4.69, 9.17) is 0 Å². The van der Waals surface area contributed by atoms with Crippen molar-refractivity contribution in [2.24, 2.45) is 10.5 Å². The first-order chi connectivity index (χ1) is 14.4. The summed E-state index contributed by atoms with van der Waals surface area (Å²) in [7, 11) is 0. The Morgan fingerprint density at radius 3 is 1.81 bits per heavy atom. The molecule has 0 atom stereocenters. The van der Waals surface area contributed by atoms with Gasteiger partial charge in [-0.1, -0.05) is 30.3 Å². The second kappa shape index (κ2) is 7.14. The summed E-state index contributed by atoms with van der Waals surface area (Å²) >= 11 is 0. The molecule has 170 valence electrons. The van der Waals surface area contributed by atoms with Gasteiger partial charge in [-0.3, -0.25) is 19.5 Å². The molecule has 0 aliphatic carbocycles. The molecule has 0 radical (unpaired) electrons. The van der Waals surface area contributed by atoms with Crippen LogP contribution in [0.5, 0.6) is 0 Å². The van der Waals surface area contributed by atoms with E-state index in [1.165, 1.54) is 5.43 Å². The monoisotopic (exact) mass is 453 g/mol. The number of benzene rings is 1. The summed E-state index contributed by atoms with van der Waals surface area (Å²) in [5, 5.41) is 3.70. The molecule has 0 saturated carbocycles. The van der Waals surface area contributed by atoms with Gasteiger partial charge in [0.1, 0.15) is 0 Å². The van der Waals surface area contributed by atoms with Crippen LogP contribution in [0.4, 0.5) is 30.7 Å². The molecular formula is C18H18F7N5O. The van der Waals surface area contributed by atoms with Crippen LogP contribution >= 0.6 is 0 Å². The predicted octanol–water partition coefficient (Wildman–Crippen LogP) is 2.15.